The van der Waals surface area contributed by atoms with E-state index in [2.05, 4.69) is 5.32 Å². The Kier molecular flexibility index (Phi) is 6.27. The van der Waals surface area contributed by atoms with Crippen molar-refractivity contribution in [3.05, 3.63) is 58.8 Å². The van der Waals surface area contributed by atoms with Crippen LogP contribution in [0.1, 0.15) is 17.3 Å². The minimum Gasteiger partial charge on any atom is -0.497 e. The minimum atomic E-state index is -0.680. The van der Waals surface area contributed by atoms with E-state index in [1.165, 1.54) is 38.5 Å². The first-order valence-corrected chi connectivity index (χ1v) is 9.33. The summed E-state index contributed by atoms with van der Waals surface area (Å²) < 4.78 is 15.4. The van der Waals surface area contributed by atoms with Crippen molar-refractivity contribution in [3.63, 3.8) is 0 Å². The summed E-state index contributed by atoms with van der Waals surface area (Å²) in [4.78, 5) is 38.3. The Morgan fingerprint density at radius 2 is 1.73 bits per heavy atom. The molecule has 0 radical (unpaired) electrons. The maximum absolute atomic E-state index is 12.9. The second-order valence-corrected chi connectivity index (χ2v) is 6.47. The first-order chi connectivity index (χ1) is 14.4. The largest absolute Gasteiger partial charge is 0.497 e. The van der Waals surface area contributed by atoms with Crippen LogP contribution in [0.25, 0.3) is 0 Å². The third-order valence-corrected chi connectivity index (χ3v) is 4.68. The lowest BCUT2D eigenvalue weighted by molar-refractivity contribution is -0.120. The van der Waals surface area contributed by atoms with Gasteiger partial charge in [-0.1, -0.05) is 11.6 Å². The third-order valence-electron chi connectivity index (χ3n) is 4.33. The molecule has 1 heterocycles. The third kappa shape index (κ3) is 3.95. The quantitative estimate of drug-likeness (QED) is 0.532. The molecule has 2 aromatic rings. The lowest BCUT2D eigenvalue weighted by Crippen LogP contribution is -2.32. The van der Waals surface area contributed by atoms with Crippen molar-refractivity contribution in [1.82, 2.24) is 0 Å². The van der Waals surface area contributed by atoms with Crippen molar-refractivity contribution >= 4 is 40.8 Å². The zero-order chi connectivity index (χ0) is 21.8. The van der Waals surface area contributed by atoms with Crippen molar-refractivity contribution in [1.29, 1.82) is 0 Å². The molecule has 0 atom stereocenters. The van der Waals surface area contributed by atoms with Gasteiger partial charge in [0.25, 0.3) is 11.8 Å². The number of ether oxygens (including phenoxy) is 3. The number of halogens is 1. The second kappa shape index (κ2) is 8.87. The molecule has 0 saturated heterocycles. The van der Waals surface area contributed by atoms with Gasteiger partial charge in [0, 0.05) is 6.07 Å². The molecule has 8 nitrogen and oxygen atoms in total. The van der Waals surface area contributed by atoms with E-state index in [1.807, 2.05) is 0 Å². The van der Waals surface area contributed by atoms with Gasteiger partial charge in [-0.2, -0.15) is 0 Å². The van der Waals surface area contributed by atoms with E-state index in [0.29, 0.717) is 22.7 Å². The molecule has 30 heavy (non-hydrogen) atoms. The van der Waals surface area contributed by atoms with Gasteiger partial charge in [-0.15, -0.1) is 0 Å². The summed E-state index contributed by atoms with van der Waals surface area (Å²) in [5.74, 6) is -0.834. The predicted molar refractivity (Wildman–Crippen MR) is 111 cm³/mol. The number of rotatable bonds is 7. The number of imide groups is 1. The molecule has 0 saturated carbocycles. The summed E-state index contributed by atoms with van der Waals surface area (Å²) in [6.07, 6.45) is 0. The zero-order valence-electron chi connectivity index (χ0n) is 16.5. The molecule has 3 rings (SSSR count). The number of amides is 2. The van der Waals surface area contributed by atoms with Crippen molar-refractivity contribution in [2.75, 3.05) is 31.0 Å². The summed E-state index contributed by atoms with van der Waals surface area (Å²) in [5.41, 5.74) is 0.932. The molecule has 0 unspecified atom stereocenters. The first-order valence-electron chi connectivity index (χ1n) is 8.96. The second-order valence-electron chi connectivity index (χ2n) is 6.09. The van der Waals surface area contributed by atoms with E-state index in [4.69, 9.17) is 25.8 Å². The van der Waals surface area contributed by atoms with Gasteiger partial charge in [0.1, 0.15) is 22.2 Å². The molecule has 1 aliphatic rings. The normalized spacial score (nSPS) is 13.5. The van der Waals surface area contributed by atoms with Crippen LogP contribution in [0.3, 0.4) is 0 Å². The maximum atomic E-state index is 12.9. The average Bonchev–Trinajstić information content (AvgIpc) is 2.97. The number of benzene rings is 2. The van der Waals surface area contributed by atoms with Crippen LogP contribution in [0.15, 0.2) is 53.2 Å². The highest BCUT2D eigenvalue weighted by Crippen LogP contribution is 2.34. The van der Waals surface area contributed by atoms with Crippen LogP contribution in [-0.2, 0) is 14.3 Å². The zero-order valence-corrected chi connectivity index (χ0v) is 17.3. The fourth-order valence-electron chi connectivity index (χ4n) is 2.84. The van der Waals surface area contributed by atoms with E-state index in [9.17, 15) is 14.4 Å². The summed E-state index contributed by atoms with van der Waals surface area (Å²) in [6.45, 7) is 1.95. The summed E-state index contributed by atoms with van der Waals surface area (Å²) >= 11 is 6.16. The molecule has 0 spiro atoms. The molecular formula is C21H19ClN2O6. The molecule has 2 amide bonds. The van der Waals surface area contributed by atoms with Crippen LogP contribution in [0.5, 0.6) is 11.5 Å². The van der Waals surface area contributed by atoms with Crippen molar-refractivity contribution in [3.8, 4) is 11.5 Å². The van der Waals surface area contributed by atoms with Crippen molar-refractivity contribution in [2.45, 2.75) is 6.92 Å². The van der Waals surface area contributed by atoms with Gasteiger partial charge in [-0.3, -0.25) is 9.59 Å². The van der Waals surface area contributed by atoms with E-state index >= 15 is 0 Å². The van der Waals surface area contributed by atoms with E-state index in [0.717, 1.165) is 4.90 Å². The van der Waals surface area contributed by atoms with E-state index in [-0.39, 0.29) is 23.0 Å². The fraction of sp³-hybridized carbons (Fsp3) is 0.190. The Morgan fingerprint density at radius 1 is 1.03 bits per heavy atom. The Labute approximate surface area is 178 Å². The van der Waals surface area contributed by atoms with Gasteiger partial charge < -0.3 is 19.5 Å². The Balaban J connectivity index is 1.86. The number of carbonyl (C=O) groups is 3. The van der Waals surface area contributed by atoms with Crippen LogP contribution >= 0.6 is 11.6 Å². The number of anilines is 2. The lowest BCUT2D eigenvalue weighted by Gasteiger charge is -2.16. The SMILES string of the molecule is CCOC(=O)c1ccc(N2C(=O)C(Cl)=C(Nc3ccc(OC)cc3OC)C2=O)cc1. The predicted octanol–water partition coefficient (Wildman–Crippen LogP) is 3.32. The minimum absolute atomic E-state index is 0.0837. The molecular weight excluding hydrogens is 412 g/mol. The molecule has 9 heteroatoms. The summed E-state index contributed by atoms with van der Waals surface area (Å²) in [7, 11) is 2.99. The number of esters is 1. The monoisotopic (exact) mass is 430 g/mol. The molecule has 2 aromatic carbocycles. The first kappa shape index (κ1) is 21.2. The van der Waals surface area contributed by atoms with Crippen LogP contribution in [-0.4, -0.2) is 38.6 Å². The number of nitrogens with zero attached hydrogens (tertiary/aromatic N) is 1. The van der Waals surface area contributed by atoms with Gasteiger partial charge in [-0.05, 0) is 43.3 Å². The molecule has 0 fully saturated rings. The van der Waals surface area contributed by atoms with Gasteiger partial charge in [0.15, 0.2) is 0 Å². The van der Waals surface area contributed by atoms with Gasteiger partial charge in [-0.25, -0.2) is 9.69 Å². The van der Waals surface area contributed by atoms with Crippen molar-refractivity contribution in [2.24, 2.45) is 0 Å². The fourth-order valence-corrected chi connectivity index (χ4v) is 3.06. The van der Waals surface area contributed by atoms with Gasteiger partial charge in [0.2, 0.25) is 0 Å². The Bertz CT molecular complexity index is 1030. The number of methoxy groups -OCH3 is 2. The number of hydrogen-bond donors (Lipinski definition) is 1. The molecule has 156 valence electrons. The maximum Gasteiger partial charge on any atom is 0.338 e. The van der Waals surface area contributed by atoms with Gasteiger partial charge in [0.05, 0.1) is 37.8 Å². The molecule has 1 N–H and O–H groups in total. The van der Waals surface area contributed by atoms with Crippen molar-refractivity contribution < 1.29 is 28.6 Å². The highest BCUT2D eigenvalue weighted by atomic mass is 35.5. The molecule has 1 aliphatic heterocycles. The summed E-state index contributed by atoms with van der Waals surface area (Å²) in [5, 5.41) is 2.61. The lowest BCUT2D eigenvalue weighted by atomic mass is 10.2. The van der Waals surface area contributed by atoms with Crippen LogP contribution in [0.4, 0.5) is 11.4 Å². The standard InChI is InChI=1S/C21H19ClN2O6/c1-4-30-21(27)12-5-7-13(8-6-12)24-19(25)17(22)18(20(24)26)23-15-10-9-14(28-2)11-16(15)29-3/h5-11,23H,4H2,1-3H3. The highest BCUT2D eigenvalue weighted by Gasteiger charge is 2.39. The van der Waals surface area contributed by atoms with Crippen LogP contribution < -0.4 is 19.7 Å². The Hall–Kier alpha value is -3.52. The van der Waals surface area contributed by atoms with E-state index < -0.39 is 17.8 Å². The van der Waals surface area contributed by atoms with Gasteiger partial charge >= 0.3 is 5.97 Å². The molecule has 0 aliphatic carbocycles. The number of carbonyl (C=O) groups excluding carboxylic acids is 3. The average molecular weight is 431 g/mol. The Morgan fingerprint density at radius 3 is 2.33 bits per heavy atom. The highest BCUT2D eigenvalue weighted by molar-refractivity contribution is 6.53. The number of nitrogens with one attached hydrogen (secondary N) is 1. The smallest absolute Gasteiger partial charge is 0.338 e. The van der Waals surface area contributed by atoms with Crippen LogP contribution in [0.2, 0.25) is 0 Å². The summed E-state index contributed by atoms with van der Waals surface area (Å²) in [6, 6.07) is 10.8. The molecule has 0 bridgehead atoms. The number of hydrogen-bond acceptors (Lipinski definition) is 7. The topological polar surface area (TPSA) is 94.2 Å². The molecule has 0 aromatic heterocycles. The van der Waals surface area contributed by atoms with E-state index in [1.54, 1.807) is 25.1 Å². The van der Waals surface area contributed by atoms with Crippen LogP contribution in [0, 0.1) is 0 Å².